The summed E-state index contributed by atoms with van der Waals surface area (Å²) in [5.41, 5.74) is 0.478. The third-order valence-corrected chi connectivity index (χ3v) is 5.14. The highest BCUT2D eigenvalue weighted by Crippen LogP contribution is 2.31. The van der Waals surface area contributed by atoms with Gasteiger partial charge in [-0.25, -0.2) is 4.90 Å². The second-order valence-electron chi connectivity index (χ2n) is 6.70. The molecular weight excluding hydrogens is 336 g/mol. The summed E-state index contributed by atoms with van der Waals surface area (Å²) < 4.78 is 10.4. The lowest BCUT2D eigenvalue weighted by atomic mass is 9.96. The van der Waals surface area contributed by atoms with Gasteiger partial charge in [0.05, 0.1) is 38.9 Å². The topological polar surface area (TPSA) is 77.3 Å². The number of imide groups is 1. The first-order valence-corrected chi connectivity index (χ1v) is 9.07. The zero-order valence-corrected chi connectivity index (χ0v) is 15.2. The van der Waals surface area contributed by atoms with Gasteiger partial charge in [0.15, 0.2) is 6.04 Å². The van der Waals surface area contributed by atoms with Crippen LogP contribution in [-0.4, -0.2) is 50.6 Å². The number of benzene rings is 1. The Balaban J connectivity index is 1.77. The molecular formula is C19H25N2O5+. The number of amides is 2. The van der Waals surface area contributed by atoms with Gasteiger partial charge >= 0.3 is 5.97 Å². The number of esters is 1. The van der Waals surface area contributed by atoms with E-state index in [4.69, 9.17) is 9.47 Å². The van der Waals surface area contributed by atoms with Crippen LogP contribution in [0.4, 0.5) is 5.69 Å². The Labute approximate surface area is 152 Å². The van der Waals surface area contributed by atoms with E-state index in [-0.39, 0.29) is 30.1 Å². The number of likely N-dealkylation sites (tertiary alicyclic amines) is 1. The quantitative estimate of drug-likeness (QED) is 0.598. The first-order valence-electron chi connectivity index (χ1n) is 9.07. The smallest absolute Gasteiger partial charge is 0.314 e. The fourth-order valence-corrected chi connectivity index (χ4v) is 3.89. The van der Waals surface area contributed by atoms with Crippen LogP contribution in [0.25, 0.3) is 0 Å². The average Bonchev–Trinajstić information content (AvgIpc) is 2.96. The van der Waals surface area contributed by atoms with Gasteiger partial charge in [0.2, 0.25) is 5.91 Å². The Kier molecular flexibility index (Phi) is 5.56. The Morgan fingerprint density at radius 1 is 1.31 bits per heavy atom. The van der Waals surface area contributed by atoms with Gasteiger partial charge in [-0.1, -0.05) is 12.1 Å². The zero-order valence-electron chi connectivity index (χ0n) is 15.2. The Bertz CT molecular complexity index is 705. The number of hydrogen-bond acceptors (Lipinski definition) is 5. The number of hydrogen-bond donors (Lipinski definition) is 1. The van der Waals surface area contributed by atoms with E-state index in [1.54, 1.807) is 31.2 Å². The van der Waals surface area contributed by atoms with Crippen LogP contribution in [0, 0.1) is 5.92 Å². The molecule has 2 saturated heterocycles. The van der Waals surface area contributed by atoms with Crippen LogP contribution in [0.5, 0.6) is 5.75 Å². The highest BCUT2D eigenvalue weighted by Gasteiger charge is 2.48. The lowest BCUT2D eigenvalue weighted by Gasteiger charge is -2.31. The predicted octanol–water partition coefficient (Wildman–Crippen LogP) is 0.185. The molecule has 2 fully saturated rings. The number of ether oxygens (including phenoxy) is 2. The molecule has 2 aliphatic rings. The fraction of sp³-hybridized carbons (Fsp3) is 0.526. The largest absolute Gasteiger partial charge is 0.495 e. The second-order valence-corrected chi connectivity index (χ2v) is 6.70. The molecule has 26 heavy (non-hydrogen) atoms. The lowest BCUT2D eigenvalue weighted by Crippen LogP contribution is -3.18. The van der Waals surface area contributed by atoms with Crippen molar-refractivity contribution < 1.29 is 28.8 Å². The van der Waals surface area contributed by atoms with E-state index in [1.807, 2.05) is 0 Å². The summed E-state index contributed by atoms with van der Waals surface area (Å²) in [5, 5.41) is 0. The Morgan fingerprint density at radius 3 is 2.81 bits per heavy atom. The van der Waals surface area contributed by atoms with E-state index < -0.39 is 6.04 Å². The summed E-state index contributed by atoms with van der Waals surface area (Å²) in [6.45, 7) is 3.45. The van der Waals surface area contributed by atoms with Crippen LogP contribution in [0.15, 0.2) is 24.3 Å². The number of rotatable bonds is 5. The van der Waals surface area contributed by atoms with E-state index in [1.165, 1.54) is 12.0 Å². The molecule has 0 saturated carbocycles. The molecule has 3 rings (SSSR count). The molecule has 0 radical (unpaired) electrons. The minimum absolute atomic E-state index is 0.155. The average molecular weight is 361 g/mol. The summed E-state index contributed by atoms with van der Waals surface area (Å²) >= 11 is 0. The SMILES string of the molecule is CCOC(=O)[C@@H]1CCC[NH+]([C@@H]2CC(=O)N(c3ccccc3OC)C2=O)C1. The van der Waals surface area contributed by atoms with Crippen molar-refractivity contribution in [1.82, 2.24) is 0 Å². The van der Waals surface area contributed by atoms with Crippen molar-refractivity contribution in [1.29, 1.82) is 0 Å². The fourth-order valence-electron chi connectivity index (χ4n) is 3.89. The number of piperidine rings is 1. The molecule has 1 aromatic rings. The van der Waals surface area contributed by atoms with Gasteiger partial charge in [-0.2, -0.15) is 0 Å². The van der Waals surface area contributed by atoms with Crippen LogP contribution < -0.4 is 14.5 Å². The van der Waals surface area contributed by atoms with Crippen molar-refractivity contribution in [3.63, 3.8) is 0 Å². The minimum atomic E-state index is -0.454. The molecule has 7 heteroatoms. The van der Waals surface area contributed by atoms with E-state index >= 15 is 0 Å². The van der Waals surface area contributed by atoms with Gasteiger partial charge in [0, 0.05) is 0 Å². The minimum Gasteiger partial charge on any atom is -0.495 e. The maximum atomic E-state index is 13.0. The van der Waals surface area contributed by atoms with Gasteiger partial charge in [-0.3, -0.25) is 14.4 Å². The maximum Gasteiger partial charge on any atom is 0.314 e. The Hall–Kier alpha value is -2.41. The van der Waals surface area contributed by atoms with Crippen LogP contribution in [0.1, 0.15) is 26.2 Å². The van der Waals surface area contributed by atoms with Crippen molar-refractivity contribution in [3.05, 3.63) is 24.3 Å². The normalized spacial score (nSPS) is 26.1. The van der Waals surface area contributed by atoms with Crippen molar-refractivity contribution in [2.45, 2.75) is 32.2 Å². The standard InChI is InChI=1S/C19H24N2O5/c1-3-26-19(24)13-7-6-10-20(12-13)15-11-17(22)21(18(15)23)14-8-4-5-9-16(14)25-2/h4-5,8-9,13,15H,3,6-7,10-12H2,1-2H3/p+1/t13-,15-/m1/s1. The van der Waals surface area contributed by atoms with E-state index in [0.717, 1.165) is 24.3 Å². The number of nitrogens with one attached hydrogen (secondary N) is 1. The molecule has 0 aliphatic carbocycles. The summed E-state index contributed by atoms with van der Waals surface area (Å²) in [7, 11) is 1.52. The Morgan fingerprint density at radius 2 is 2.08 bits per heavy atom. The molecule has 140 valence electrons. The molecule has 3 atom stereocenters. The number of carbonyl (C=O) groups is 3. The van der Waals surface area contributed by atoms with Gasteiger partial charge in [0.1, 0.15) is 11.7 Å². The van der Waals surface area contributed by atoms with Crippen LogP contribution >= 0.6 is 0 Å². The van der Waals surface area contributed by atoms with Crippen LogP contribution in [0.3, 0.4) is 0 Å². The molecule has 2 heterocycles. The number of methoxy groups -OCH3 is 1. The van der Waals surface area contributed by atoms with Gasteiger partial charge in [-0.05, 0) is 31.9 Å². The van der Waals surface area contributed by atoms with Crippen LogP contribution in [0.2, 0.25) is 0 Å². The number of nitrogens with zero attached hydrogens (tertiary/aromatic N) is 1. The monoisotopic (exact) mass is 361 g/mol. The summed E-state index contributed by atoms with van der Waals surface area (Å²) in [5.74, 6) is -0.368. The highest BCUT2D eigenvalue weighted by atomic mass is 16.5. The third kappa shape index (κ3) is 3.44. The molecule has 0 bridgehead atoms. The highest BCUT2D eigenvalue weighted by molar-refractivity contribution is 6.22. The number of anilines is 1. The summed E-state index contributed by atoms with van der Waals surface area (Å²) in [6.07, 6.45) is 1.76. The van der Waals surface area contributed by atoms with E-state index in [2.05, 4.69) is 0 Å². The lowest BCUT2D eigenvalue weighted by molar-refractivity contribution is -0.922. The van der Waals surface area contributed by atoms with Crippen molar-refractivity contribution in [2.24, 2.45) is 5.92 Å². The molecule has 0 spiro atoms. The van der Waals surface area contributed by atoms with E-state index in [9.17, 15) is 14.4 Å². The van der Waals surface area contributed by atoms with Crippen molar-refractivity contribution in [3.8, 4) is 5.75 Å². The third-order valence-electron chi connectivity index (χ3n) is 5.14. The first-order chi connectivity index (χ1) is 12.6. The molecule has 1 N–H and O–H groups in total. The maximum absolute atomic E-state index is 13.0. The molecule has 2 aliphatic heterocycles. The van der Waals surface area contributed by atoms with Gasteiger partial charge in [0.25, 0.3) is 5.91 Å². The molecule has 1 unspecified atom stereocenters. The zero-order chi connectivity index (χ0) is 18.7. The number of para-hydroxylation sites is 2. The molecule has 2 amide bonds. The van der Waals surface area contributed by atoms with E-state index in [0.29, 0.717) is 24.6 Å². The predicted molar refractivity (Wildman–Crippen MR) is 93.9 cm³/mol. The molecule has 7 nitrogen and oxygen atoms in total. The first kappa shape index (κ1) is 18.4. The van der Waals surface area contributed by atoms with Crippen molar-refractivity contribution >= 4 is 23.5 Å². The molecule has 1 aromatic carbocycles. The summed E-state index contributed by atoms with van der Waals surface area (Å²) in [6, 6.07) is 6.56. The molecule has 0 aromatic heterocycles. The van der Waals surface area contributed by atoms with Gasteiger partial charge in [-0.15, -0.1) is 0 Å². The summed E-state index contributed by atoms with van der Waals surface area (Å²) in [4.78, 5) is 39.8. The van der Waals surface area contributed by atoms with Gasteiger partial charge < -0.3 is 14.4 Å². The second kappa shape index (κ2) is 7.86. The number of carbonyl (C=O) groups excluding carboxylic acids is 3. The number of quaternary nitrogens is 1. The van der Waals surface area contributed by atoms with Crippen molar-refractivity contribution in [2.75, 3.05) is 31.7 Å². The van der Waals surface area contributed by atoms with Crippen LogP contribution in [-0.2, 0) is 19.1 Å².